The molecule has 1 aliphatic carbocycles. The molecule has 8 nitrogen and oxygen atoms in total. The van der Waals surface area contributed by atoms with Crippen LogP contribution in [0.15, 0.2) is 47.3 Å². The van der Waals surface area contributed by atoms with Crippen LogP contribution in [0, 0.1) is 18.3 Å². The second-order valence-electron chi connectivity index (χ2n) is 8.44. The summed E-state index contributed by atoms with van der Waals surface area (Å²) in [6.07, 6.45) is 1.68. The van der Waals surface area contributed by atoms with Crippen LogP contribution >= 0.6 is 11.6 Å². The molecule has 9 heteroatoms. The largest absolute Gasteiger partial charge is 0.497 e. The summed E-state index contributed by atoms with van der Waals surface area (Å²) in [5.74, 6) is -1.26. The number of hydrogen-bond donors (Lipinski definition) is 2. The van der Waals surface area contributed by atoms with Gasteiger partial charge in [0.25, 0.3) is 11.5 Å². The van der Waals surface area contributed by atoms with Crippen molar-refractivity contribution in [2.24, 2.45) is 5.92 Å². The summed E-state index contributed by atoms with van der Waals surface area (Å²) in [4.78, 5) is 39.7. The molecule has 0 spiro atoms. The average Bonchev–Trinajstić information content (AvgIpc) is 2.98. The number of nitrogens with one attached hydrogen (secondary N) is 2. The van der Waals surface area contributed by atoms with Crippen molar-refractivity contribution in [3.05, 3.63) is 74.7 Å². The number of halogens is 1. The number of fused-ring (bicyclic) bond motifs is 1. The quantitative estimate of drug-likeness (QED) is 0.390. The van der Waals surface area contributed by atoms with Crippen LogP contribution < -0.4 is 15.6 Å². The van der Waals surface area contributed by atoms with Gasteiger partial charge in [-0.25, -0.2) is 4.68 Å². The minimum Gasteiger partial charge on any atom is -0.497 e. The Morgan fingerprint density at radius 3 is 2.66 bits per heavy atom. The first-order valence-corrected chi connectivity index (χ1v) is 11.8. The number of aryl methyl sites for hydroxylation is 1. The number of Topliss-reactive ketones (excluding diaryl/α,β-unsaturated/α-hetero) is 1. The third-order valence-corrected chi connectivity index (χ3v) is 6.76. The lowest BCUT2D eigenvalue weighted by Gasteiger charge is -2.15. The second kappa shape index (κ2) is 9.92. The van der Waals surface area contributed by atoms with Gasteiger partial charge in [-0.2, -0.15) is 0 Å². The molecular weight excluding hydrogens is 468 g/mol. The number of ketones is 1. The monoisotopic (exact) mass is 494 g/mol. The Balaban J connectivity index is 1.64. The van der Waals surface area contributed by atoms with Crippen molar-refractivity contribution in [2.45, 2.75) is 39.7 Å². The van der Waals surface area contributed by atoms with Crippen LogP contribution in [-0.4, -0.2) is 33.9 Å². The Hall–Kier alpha value is -3.65. The summed E-state index contributed by atoms with van der Waals surface area (Å²) in [7, 11) is 1.57. The molecule has 1 unspecified atom stereocenters. The van der Waals surface area contributed by atoms with Crippen LogP contribution in [0.2, 0.25) is 5.02 Å². The lowest BCUT2D eigenvalue weighted by atomic mass is 9.90. The lowest BCUT2D eigenvalue weighted by molar-refractivity contribution is -0.110. The van der Waals surface area contributed by atoms with Crippen LogP contribution in [0.4, 0.5) is 5.69 Å². The van der Waals surface area contributed by atoms with E-state index in [1.54, 1.807) is 55.1 Å². The minimum atomic E-state index is -0.885. The number of para-hydroxylation sites is 1. The number of hydrogen-bond acceptors (Lipinski definition) is 5. The van der Waals surface area contributed by atoms with E-state index in [-0.39, 0.29) is 17.2 Å². The number of aromatic nitrogens is 2. The van der Waals surface area contributed by atoms with Crippen molar-refractivity contribution >= 4 is 34.7 Å². The molecule has 1 aromatic heterocycles. The van der Waals surface area contributed by atoms with Gasteiger partial charge in [0.1, 0.15) is 17.1 Å². The summed E-state index contributed by atoms with van der Waals surface area (Å²) < 4.78 is 8.38. The van der Waals surface area contributed by atoms with E-state index in [2.05, 4.69) is 5.32 Å². The van der Waals surface area contributed by atoms with Gasteiger partial charge in [0.2, 0.25) is 0 Å². The van der Waals surface area contributed by atoms with Gasteiger partial charge in [-0.05, 0) is 69.0 Å². The summed E-state index contributed by atoms with van der Waals surface area (Å²) in [6, 6.07) is 12.2. The maximum atomic E-state index is 13.3. The van der Waals surface area contributed by atoms with Gasteiger partial charge < -0.3 is 10.1 Å². The topological polar surface area (TPSA) is 106 Å². The highest BCUT2D eigenvalue weighted by Gasteiger charge is 2.33. The number of methoxy groups -OCH3 is 1. The number of anilines is 1. The predicted molar refractivity (Wildman–Crippen MR) is 136 cm³/mol. The van der Waals surface area contributed by atoms with E-state index in [0.29, 0.717) is 53.5 Å². The molecule has 3 aromatic rings. The van der Waals surface area contributed by atoms with E-state index in [9.17, 15) is 14.4 Å². The molecule has 0 bridgehead atoms. The van der Waals surface area contributed by atoms with Crippen LogP contribution in [0.3, 0.4) is 0 Å². The first-order valence-electron chi connectivity index (χ1n) is 11.5. The molecule has 0 aliphatic heterocycles. The molecule has 0 radical (unpaired) electrons. The SMILES string of the molecule is CCn1c(C)c(NC(=O)C(=N)C2CCCc3cc(OC)ccc3C2=O)c(=O)n1-c1ccccc1Cl. The Bertz CT molecular complexity index is 1390. The van der Waals surface area contributed by atoms with E-state index in [0.717, 1.165) is 5.56 Å². The third kappa shape index (κ3) is 4.41. The van der Waals surface area contributed by atoms with Crippen molar-refractivity contribution in [3.8, 4) is 11.4 Å². The Morgan fingerprint density at radius 2 is 1.97 bits per heavy atom. The lowest BCUT2D eigenvalue weighted by Crippen LogP contribution is -2.34. The zero-order chi connectivity index (χ0) is 25.3. The van der Waals surface area contributed by atoms with E-state index in [4.69, 9.17) is 21.7 Å². The van der Waals surface area contributed by atoms with Gasteiger partial charge in [-0.15, -0.1) is 0 Å². The molecule has 2 N–H and O–H groups in total. The normalized spacial score (nSPS) is 15.3. The summed E-state index contributed by atoms with van der Waals surface area (Å²) in [6.45, 7) is 4.06. The first-order chi connectivity index (χ1) is 16.8. The molecule has 1 amide bonds. The molecule has 1 atom stereocenters. The fourth-order valence-electron chi connectivity index (χ4n) is 4.61. The van der Waals surface area contributed by atoms with E-state index >= 15 is 0 Å². The molecule has 1 aliphatic rings. The maximum Gasteiger partial charge on any atom is 0.295 e. The number of carbonyl (C=O) groups excluding carboxylic acids is 2. The fraction of sp³-hybridized carbons (Fsp3) is 0.308. The number of amides is 1. The molecule has 1 heterocycles. The van der Waals surface area contributed by atoms with Crippen LogP contribution in [0.5, 0.6) is 5.75 Å². The van der Waals surface area contributed by atoms with Gasteiger partial charge in [0.05, 0.1) is 29.4 Å². The average molecular weight is 495 g/mol. The zero-order valence-electron chi connectivity index (χ0n) is 19.9. The molecule has 0 saturated heterocycles. The number of rotatable bonds is 6. The highest BCUT2D eigenvalue weighted by atomic mass is 35.5. The first kappa shape index (κ1) is 24.5. The van der Waals surface area contributed by atoms with Crippen molar-refractivity contribution < 1.29 is 14.3 Å². The van der Waals surface area contributed by atoms with Gasteiger partial charge in [-0.3, -0.25) is 24.5 Å². The molecule has 35 heavy (non-hydrogen) atoms. The molecule has 4 rings (SSSR count). The summed E-state index contributed by atoms with van der Waals surface area (Å²) in [5, 5.41) is 11.5. The Kier molecular flexibility index (Phi) is 6.93. The Labute approximate surface area is 208 Å². The standard InChI is InChI=1S/C26H27ClN4O4/c1-4-30-15(2)23(26(34)31(30)21-11-6-5-10-20(21)27)29-25(33)22(28)19-9-7-8-16-14-17(35-3)12-13-18(16)24(19)32/h5-6,10-14,19,28H,4,7-9H2,1-3H3,(H,29,33). The highest BCUT2D eigenvalue weighted by molar-refractivity contribution is 6.46. The minimum absolute atomic E-state index is 0.0627. The number of carbonyl (C=O) groups is 2. The Morgan fingerprint density at radius 1 is 1.23 bits per heavy atom. The van der Waals surface area contributed by atoms with E-state index in [1.807, 2.05) is 13.0 Å². The van der Waals surface area contributed by atoms with Crippen molar-refractivity contribution in [1.29, 1.82) is 5.41 Å². The summed E-state index contributed by atoms with van der Waals surface area (Å²) >= 11 is 6.33. The van der Waals surface area contributed by atoms with Crippen molar-refractivity contribution in [1.82, 2.24) is 9.36 Å². The maximum absolute atomic E-state index is 13.3. The molecule has 0 fully saturated rings. The third-order valence-electron chi connectivity index (χ3n) is 6.44. The zero-order valence-corrected chi connectivity index (χ0v) is 20.6. The van der Waals surface area contributed by atoms with E-state index in [1.165, 1.54) is 4.68 Å². The molecular formula is C26H27ClN4O4. The summed E-state index contributed by atoms with van der Waals surface area (Å²) in [5.41, 5.74) is 1.62. The number of ether oxygens (including phenoxy) is 1. The fourth-order valence-corrected chi connectivity index (χ4v) is 4.82. The van der Waals surface area contributed by atoms with E-state index < -0.39 is 17.4 Å². The van der Waals surface area contributed by atoms with Gasteiger partial charge >= 0.3 is 0 Å². The van der Waals surface area contributed by atoms with Crippen molar-refractivity contribution in [2.75, 3.05) is 12.4 Å². The highest BCUT2D eigenvalue weighted by Crippen LogP contribution is 2.29. The predicted octanol–water partition coefficient (Wildman–Crippen LogP) is 4.42. The molecule has 0 saturated carbocycles. The number of benzene rings is 2. The van der Waals surface area contributed by atoms with Crippen LogP contribution in [0.1, 0.15) is 41.4 Å². The molecule has 2 aromatic carbocycles. The second-order valence-corrected chi connectivity index (χ2v) is 8.85. The van der Waals surface area contributed by atoms with Gasteiger partial charge in [0, 0.05) is 12.1 Å². The van der Waals surface area contributed by atoms with Gasteiger partial charge in [0.15, 0.2) is 5.78 Å². The van der Waals surface area contributed by atoms with Crippen molar-refractivity contribution in [3.63, 3.8) is 0 Å². The molecule has 182 valence electrons. The van der Waals surface area contributed by atoms with Gasteiger partial charge in [-0.1, -0.05) is 23.7 Å². The number of nitrogens with zero attached hydrogens (tertiary/aromatic N) is 2. The smallest absolute Gasteiger partial charge is 0.295 e. The van der Waals surface area contributed by atoms with Crippen LogP contribution in [0.25, 0.3) is 5.69 Å². The van der Waals surface area contributed by atoms with Crippen LogP contribution in [-0.2, 0) is 17.8 Å².